The average Bonchev–Trinajstić information content (AvgIpc) is 2.99. The van der Waals surface area contributed by atoms with Gasteiger partial charge in [-0.05, 0) is 31.5 Å². The molecular formula is C16H18ClN5O. The van der Waals surface area contributed by atoms with Crippen LogP contribution >= 0.6 is 11.6 Å². The molecule has 2 aromatic heterocycles. The first-order valence-electron chi connectivity index (χ1n) is 7.56. The highest BCUT2D eigenvalue weighted by atomic mass is 35.5. The Labute approximate surface area is 139 Å². The van der Waals surface area contributed by atoms with Crippen LogP contribution in [-0.2, 0) is 4.74 Å². The van der Waals surface area contributed by atoms with Gasteiger partial charge in [0.2, 0.25) is 0 Å². The third kappa shape index (κ3) is 3.60. The predicted octanol–water partition coefficient (Wildman–Crippen LogP) is 3.31. The van der Waals surface area contributed by atoms with E-state index in [-0.39, 0.29) is 0 Å². The Kier molecular flexibility index (Phi) is 5.05. The van der Waals surface area contributed by atoms with E-state index in [0.717, 1.165) is 48.7 Å². The van der Waals surface area contributed by atoms with E-state index in [0.29, 0.717) is 5.02 Å². The van der Waals surface area contributed by atoms with Gasteiger partial charge in [0.1, 0.15) is 12.1 Å². The second kappa shape index (κ2) is 7.39. The van der Waals surface area contributed by atoms with Gasteiger partial charge in [0.05, 0.1) is 17.3 Å². The van der Waals surface area contributed by atoms with Crippen LogP contribution in [0.5, 0.6) is 0 Å². The van der Waals surface area contributed by atoms with Crippen molar-refractivity contribution in [1.82, 2.24) is 19.7 Å². The summed E-state index contributed by atoms with van der Waals surface area (Å²) in [4.78, 5) is 8.65. The van der Waals surface area contributed by atoms with Crippen LogP contribution in [-0.4, -0.2) is 39.5 Å². The molecule has 7 heteroatoms. The van der Waals surface area contributed by atoms with E-state index in [1.54, 1.807) is 10.9 Å². The second-order valence-electron chi connectivity index (χ2n) is 4.97. The fourth-order valence-electron chi connectivity index (χ4n) is 2.31. The van der Waals surface area contributed by atoms with Crippen LogP contribution in [0.25, 0.3) is 16.7 Å². The van der Waals surface area contributed by atoms with Gasteiger partial charge in [-0.3, -0.25) is 0 Å². The van der Waals surface area contributed by atoms with Crippen molar-refractivity contribution in [3.63, 3.8) is 0 Å². The molecule has 0 aliphatic heterocycles. The highest BCUT2D eigenvalue weighted by Crippen LogP contribution is 2.22. The zero-order chi connectivity index (χ0) is 16.1. The fraction of sp³-hybridized carbons (Fsp3) is 0.312. The standard InChI is InChI=1S/C16H18ClN5O/c1-2-23-8-4-7-18-15-14-10-21-22(16(14)20-11-19-15)13-6-3-5-12(17)9-13/h3,5-6,9-11H,2,4,7-8H2,1H3,(H,18,19,20). The number of aromatic nitrogens is 4. The van der Waals surface area contributed by atoms with Crippen LogP contribution in [0.2, 0.25) is 5.02 Å². The first-order chi connectivity index (χ1) is 11.3. The van der Waals surface area contributed by atoms with Crippen molar-refractivity contribution >= 4 is 28.5 Å². The molecular weight excluding hydrogens is 314 g/mol. The first-order valence-corrected chi connectivity index (χ1v) is 7.93. The molecule has 0 atom stereocenters. The molecule has 1 N–H and O–H groups in total. The number of fused-ring (bicyclic) bond motifs is 1. The van der Waals surface area contributed by atoms with Crippen molar-refractivity contribution < 1.29 is 4.74 Å². The van der Waals surface area contributed by atoms with E-state index < -0.39 is 0 Å². The number of hydrogen-bond acceptors (Lipinski definition) is 5. The molecule has 3 rings (SSSR count). The molecule has 1 aromatic carbocycles. The smallest absolute Gasteiger partial charge is 0.168 e. The number of hydrogen-bond donors (Lipinski definition) is 1. The van der Waals surface area contributed by atoms with Gasteiger partial charge in [0.25, 0.3) is 0 Å². The third-order valence-electron chi connectivity index (χ3n) is 3.38. The molecule has 0 fully saturated rings. The number of ether oxygens (including phenoxy) is 1. The highest BCUT2D eigenvalue weighted by Gasteiger charge is 2.11. The van der Waals surface area contributed by atoms with Gasteiger partial charge in [-0.2, -0.15) is 5.10 Å². The van der Waals surface area contributed by atoms with Gasteiger partial charge in [-0.25, -0.2) is 14.6 Å². The number of benzene rings is 1. The normalized spacial score (nSPS) is 11.0. The van der Waals surface area contributed by atoms with E-state index in [4.69, 9.17) is 16.3 Å². The van der Waals surface area contributed by atoms with Gasteiger partial charge in [-0.15, -0.1) is 0 Å². The quantitative estimate of drug-likeness (QED) is 0.673. The minimum absolute atomic E-state index is 0.662. The molecule has 6 nitrogen and oxygen atoms in total. The summed E-state index contributed by atoms with van der Waals surface area (Å²) in [5.74, 6) is 0.778. The summed E-state index contributed by atoms with van der Waals surface area (Å²) in [6.07, 6.45) is 4.22. The number of nitrogens with zero attached hydrogens (tertiary/aromatic N) is 4. The van der Waals surface area contributed by atoms with Crippen LogP contribution in [0.3, 0.4) is 0 Å². The second-order valence-corrected chi connectivity index (χ2v) is 5.41. The van der Waals surface area contributed by atoms with Crippen molar-refractivity contribution in [1.29, 1.82) is 0 Å². The summed E-state index contributed by atoms with van der Waals surface area (Å²) in [6.45, 7) is 4.25. The van der Waals surface area contributed by atoms with Gasteiger partial charge in [-0.1, -0.05) is 17.7 Å². The molecule has 0 aliphatic carbocycles. The van der Waals surface area contributed by atoms with Crippen molar-refractivity contribution in [3.8, 4) is 5.69 Å². The molecule has 0 spiro atoms. The SMILES string of the molecule is CCOCCCNc1ncnc2c1cnn2-c1cccc(Cl)c1. The molecule has 0 aliphatic rings. The summed E-state index contributed by atoms with van der Waals surface area (Å²) in [7, 11) is 0. The fourth-order valence-corrected chi connectivity index (χ4v) is 2.49. The zero-order valence-corrected chi connectivity index (χ0v) is 13.6. The Bertz CT molecular complexity index is 789. The van der Waals surface area contributed by atoms with Crippen molar-refractivity contribution in [2.24, 2.45) is 0 Å². The molecule has 0 bridgehead atoms. The van der Waals surface area contributed by atoms with Crippen molar-refractivity contribution in [2.45, 2.75) is 13.3 Å². The number of halogens is 1. The topological polar surface area (TPSA) is 64.9 Å². The lowest BCUT2D eigenvalue weighted by atomic mass is 10.3. The molecule has 120 valence electrons. The lowest BCUT2D eigenvalue weighted by Gasteiger charge is -2.07. The first kappa shape index (κ1) is 15.7. The highest BCUT2D eigenvalue weighted by molar-refractivity contribution is 6.30. The maximum absolute atomic E-state index is 6.06. The zero-order valence-electron chi connectivity index (χ0n) is 12.9. The minimum Gasteiger partial charge on any atom is -0.382 e. The van der Waals surface area contributed by atoms with Crippen molar-refractivity contribution in [3.05, 3.63) is 41.8 Å². The van der Waals surface area contributed by atoms with E-state index in [1.807, 2.05) is 31.2 Å². The number of rotatable bonds is 7. The van der Waals surface area contributed by atoms with Crippen LogP contribution < -0.4 is 5.32 Å². The maximum atomic E-state index is 6.06. The maximum Gasteiger partial charge on any atom is 0.168 e. The van der Waals surface area contributed by atoms with Crippen LogP contribution in [0.1, 0.15) is 13.3 Å². The third-order valence-corrected chi connectivity index (χ3v) is 3.62. The molecule has 0 saturated heterocycles. The van der Waals surface area contributed by atoms with Gasteiger partial charge >= 0.3 is 0 Å². The Morgan fingerprint density at radius 3 is 3.04 bits per heavy atom. The van der Waals surface area contributed by atoms with E-state index in [9.17, 15) is 0 Å². The van der Waals surface area contributed by atoms with Crippen molar-refractivity contribution in [2.75, 3.05) is 25.1 Å². The number of nitrogens with one attached hydrogen (secondary N) is 1. The van der Waals surface area contributed by atoms with Crippen LogP contribution in [0, 0.1) is 0 Å². The predicted molar refractivity (Wildman–Crippen MR) is 91.3 cm³/mol. The van der Waals surface area contributed by atoms with E-state index in [2.05, 4.69) is 20.4 Å². The molecule has 0 unspecified atom stereocenters. The lowest BCUT2D eigenvalue weighted by molar-refractivity contribution is 0.147. The molecule has 23 heavy (non-hydrogen) atoms. The summed E-state index contributed by atoms with van der Waals surface area (Å²) in [6, 6.07) is 7.51. The molecule has 0 saturated carbocycles. The summed E-state index contributed by atoms with van der Waals surface area (Å²) in [5, 5.41) is 9.27. The summed E-state index contributed by atoms with van der Waals surface area (Å²) < 4.78 is 7.09. The molecule has 0 amide bonds. The monoisotopic (exact) mass is 331 g/mol. The Balaban J connectivity index is 1.83. The Morgan fingerprint density at radius 2 is 2.22 bits per heavy atom. The van der Waals surface area contributed by atoms with Gasteiger partial charge in [0, 0.05) is 24.8 Å². The van der Waals surface area contributed by atoms with Crippen LogP contribution in [0.4, 0.5) is 5.82 Å². The van der Waals surface area contributed by atoms with E-state index in [1.165, 1.54) is 6.33 Å². The molecule has 0 radical (unpaired) electrons. The molecule has 2 heterocycles. The Morgan fingerprint density at radius 1 is 1.30 bits per heavy atom. The lowest BCUT2D eigenvalue weighted by Crippen LogP contribution is -2.07. The van der Waals surface area contributed by atoms with Gasteiger partial charge < -0.3 is 10.1 Å². The minimum atomic E-state index is 0.662. The van der Waals surface area contributed by atoms with Crippen LogP contribution in [0.15, 0.2) is 36.8 Å². The largest absolute Gasteiger partial charge is 0.382 e. The average molecular weight is 332 g/mol. The van der Waals surface area contributed by atoms with Gasteiger partial charge in [0.15, 0.2) is 5.65 Å². The summed E-state index contributed by atoms with van der Waals surface area (Å²) >= 11 is 6.06. The molecule has 3 aromatic rings. The summed E-state index contributed by atoms with van der Waals surface area (Å²) in [5.41, 5.74) is 1.61. The Hall–Kier alpha value is -2.18. The van der Waals surface area contributed by atoms with E-state index >= 15 is 0 Å². The number of anilines is 1.